The number of amides is 3. The molecule has 0 aliphatic carbocycles. The van der Waals surface area contributed by atoms with E-state index >= 15 is 0 Å². The van der Waals surface area contributed by atoms with Gasteiger partial charge < -0.3 is 11.1 Å². The number of primary amides is 1. The first-order valence-corrected chi connectivity index (χ1v) is 7.33. The molecule has 0 fully saturated rings. The summed E-state index contributed by atoms with van der Waals surface area (Å²) in [6.45, 7) is 8.18. The minimum absolute atomic E-state index is 0.131. The van der Waals surface area contributed by atoms with Crippen LogP contribution < -0.4 is 16.4 Å². The topological polar surface area (TPSA) is 88.8 Å². The van der Waals surface area contributed by atoms with Crippen LogP contribution in [0.5, 0.6) is 0 Å². The summed E-state index contributed by atoms with van der Waals surface area (Å²) in [5, 5.41) is 4.01. The molecule has 1 aromatic rings. The van der Waals surface area contributed by atoms with E-state index in [1.54, 1.807) is 6.92 Å². The Kier molecular flexibility index (Phi) is 6.37. The molecule has 0 aromatic heterocycles. The molecular formula is C16H26N3O2+. The average molecular weight is 292 g/mol. The number of carbonyl (C=O) groups excluding carboxylic acids is 2. The maximum atomic E-state index is 11.7. The number of benzene rings is 1. The molecule has 5 nitrogen and oxygen atoms in total. The van der Waals surface area contributed by atoms with Gasteiger partial charge >= 0.3 is 6.03 Å². The molecule has 0 unspecified atom stereocenters. The molecule has 2 atom stereocenters. The van der Waals surface area contributed by atoms with Crippen molar-refractivity contribution in [2.45, 2.75) is 46.2 Å². The Morgan fingerprint density at radius 1 is 1.14 bits per heavy atom. The number of carbonyl (C=O) groups is 2. The third kappa shape index (κ3) is 5.95. The van der Waals surface area contributed by atoms with Crippen molar-refractivity contribution in [3.05, 3.63) is 35.4 Å². The summed E-state index contributed by atoms with van der Waals surface area (Å²) >= 11 is 0. The first-order chi connectivity index (χ1) is 9.79. The normalized spacial score (nSPS) is 13.8. The highest BCUT2D eigenvalue weighted by molar-refractivity contribution is 5.95. The summed E-state index contributed by atoms with van der Waals surface area (Å²) in [4.78, 5) is 22.3. The van der Waals surface area contributed by atoms with E-state index < -0.39 is 6.03 Å². The summed E-state index contributed by atoms with van der Waals surface area (Å²) in [6, 6.07) is 7.40. The number of nitrogens with two attached hydrogens (primary N) is 2. The van der Waals surface area contributed by atoms with Crippen LogP contribution in [0.15, 0.2) is 24.3 Å². The van der Waals surface area contributed by atoms with E-state index in [-0.39, 0.29) is 18.0 Å². The van der Waals surface area contributed by atoms with Crippen LogP contribution in [-0.4, -0.2) is 18.0 Å². The molecule has 5 heteroatoms. The molecule has 0 saturated carbocycles. The number of quaternary nitrogens is 1. The molecule has 3 amide bonds. The van der Waals surface area contributed by atoms with Crippen LogP contribution in [-0.2, 0) is 11.2 Å². The largest absolute Gasteiger partial charge is 0.351 e. The molecule has 0 bridgehead atoms. The summed E-state index contributed by atoms with van der Waals surface area (Å²) in [5.41, 5.74) is 7.42. The van der Waals surface area contributed by atoms with Crippen LogP contribution in [0, 0.1) is 5.92 Å². The number of hydrogen-bond donors (Lipinski definition) is 3. The van der Waals surface area contributed by atoms with Crippen molar-refractivity contribution < 1.29 is 14.9 Å². The van der Waals surface area contributed by atoms with E-state index in [0.717, 1.165) is 12.0 Å². The van der Waals surface area contributed by atoms with Crippen molar-refractivity contribution in [2.24, 2.45) is 11.7 Å². The lowest BCUT2D eigenvalue weighted by atomic mass is 9.99. The molecule has 0 saturated heterocycles. The predicted molar refractivity (Wildman–Crippen MR) is 82.5 cm³/mol. The monoisotopic (exact) mass is 292 g/mol. The summed E-state index contributed by atoms with van der Waals surface area (Å²) in [5.74, 6) is 0.267. The summed E-state index contributed by atoms with van der Waals surface area (Å²) < 4.78 is 0. The SMILES string of the molecule is CC(C)Cc1ccc([C@@H](C)[NH2+][C@@H](C)C(=O)NC(N)=O)cc1. The molecule has 21 heavy (non-hydrogen) atoms. The maximum Gasteiger partial charge on any atom is 0.319 e. The Morgan fingerprint density at radius 2 is 1.71 bits per heavy atom. The molecular weight excluding hydrogens is 266 g/mol. The zero-order chi connectivity index (χ0) is 16.0. The Bertz CT molecular complexity index is 483. The van der Waals surface area contributed by atoms with Crippen molar-refractivity contribution in [2.75, 3.05) is 0 Å². The summed E-state index contributed by atoms with van der Waals surface area (Å²) in [7, 11) is 0. The minimum atomic E-state index is -0.814. The Morgan fingerprint density at radius 3 is 2.19 bits per heavy atom. The average Bonchev–Trinajstić information content (AvgIpc) is 2.37. The minimum Gasteiger partial charge on any atom is -0.351 e. The fourth-order valence-corrected chi connectivity index (χ4v) is 2.30. The molecule has 1 rings (SSSR count). The van der Waals surface area contributed by atoms with Gasteiger partial charge in [-0.05, 0) is 31.7 Å². The van der Waals surface area contributed by atoms with Crippen molar-refractivity contribution in [3.8, 4) is 0 Å². The highest BCUT2D eigenvalue weighted by Crippen LogP contribution is 2.13. The standard InChI is InChI=1S/C16H25N3O2/c1-10(2)9-13-5-7-14(8-6-13)11(3)18-12(4)15(20)19-16(17)21/h5-8,10-12,18H,9H2,1-4H3,(H3,17,19,20,21)/p+1/t11-,12+/m1/s1. The first kappa shape index (κ1) is 17.2. The van der Waals surface area contributed by atoms with Crippen LogP contribution in [0.25, 0.3) is 0 Å². The van der Waals surface area contributed by atoms with Gasteiger partial charge in [-0.25, -0.2) is 4.79 Å². The smallest absolute Gasteiger partial charge is 0.319 e. The van der Waals surface area contributed by atoms with Crippen molar-refractivity contribution in [3.63, 3.8) is 0 Å². The van der Waals surface area contributed by atoms with Gasteiger partial charge in [-0.3, -0.25) is 10.1 Å². The maximum absolute atomic E-state index is 11.7. The highest BCUT2D eigenvalue weighted by atomic mass is 16.2. The van der Waals surface area contributed by atoms with Crippen LogP contribution in [0.4, 0.5) is 4.79 Å². The number of nitrogens with one attached hydrogen (secondary N) is 1. The van der Waals surface area contributed by atoms with Crippen LogP contribution >= 0.6 is 0 Å². The van der Waals surface area contributed by atoms with Crippen LogP contribution in [0.3, 0.4) is 0 Å². The van der Waals surface area contributed by atoms with Crippen molar-refractivity contribution in [1.29, 1.82) is 0 Å². The van der Waals surface area contributed by atoms with Gasteiger partial charge in [0.2, 0.25) is 0 Å². The second-order valence-electron chi connectivity index (χ2n) is 5.96. The fraction of sp³-hybridized carbons (Fsp3) is 0.500. The van der Waals surface area contributed by atoms with Gasteiger partial charge in [0.15, 0.2) is 6.04 Å². The van der Waals surface area contributed by atoms with E-state index in [0.29, 0.717) is 5.92 Å². The zero-order valence-corrected chi connectivity index (χ0v) is 13.2. The van der Waals surface area contributed by atoms with E-state index in [2.05, 4.69) is 43.4 Å². The molecule has 1 aromatic carbocycles. The lowest BCUT2D eigenvalue weighted by Crippen LogP contribution is -2.92. The van der Waals surface area contributed by atoms with Gasteiger partial charge in [0, 0.05) is 5.56 Å². The Hall–Kier alpha value is -1.88. The van der Waals surface area contributed by atoms with Gasteiger partial charge in [-0.1, -0.05) is 38.1 Å². The molecule has 5 N–H and O–H groups in total. The second-order valence-corrected chi connectivity index (χ2v) is 5.96. The Balaban J connectivity index is 2.60. The molecule has 0 aliphatic heterocycles. The van der Waals surface area contributed by atoms with Gasteiger partial charge in [0.1, 0.15) is 6.04 Å². The quantitative estimate of drug-likeness (QED) is 0.733. The third-order valence-electron chi connectivity index (χ3n) is 3.39. The number of urea groups is 1. The number of imide groups is 1. The predicted octanol–water partition coefficient (Wildman–Crippen LogP) is 1.09. The number of rotatable bonds is 6. The van der Waals surface area contributed by atoms with E-state index in [1.807, 2.05) is 12.2 Å². The first-order valence-electron chi connectivity index (χ1n) is 7.33. The van der Waals surface area contributed by atoms with E-state index in [4.69, 9.17) is 5.73 Å². The lowest BCUT2D eigenvalue weighted by molar-refractivity contribution is -0.710. The zero-order valence-electron chi connectivity index (χ0n) is 13.2. The van der Waals surface area contributed by atoms with Gasteiger partial charge in [0.05, 0.1) is 0 Å². The fourth-order valence-electron chi connectivity index (χ4n) is 2.30. The summed E-state index contributed by atoms with van der Waals surface area (Å²) in [6.07, 6.45) is 1.07. The van der Waals surface area contributed by atoms with Crippen molar-refractivity contribution in [1.82, 2.24) is 5.32 Å². The number of hydrogen-bond acceptors (Lipinski definition) is 2. The van der Waals surface area contributed by atoms with Gasteiger partial charge in [0.25, 0.3) is 5.91 Å². The highest BCUT2D eigenvalue weighted by Gasteiger charge is 2.21. The molecule has 0 aliphatic rings. The lowest BCUT2D eigenvalue weighted by Gasteiger charge is -2.16. The van der Waals surface area contributed by atoms with Crippen LogP contribution in [0.2, 0.25) is 0 Å². The molecule has 0 heterocycles. The molecule has 0 spiro atoms. The second kappa shape index (κ2) is 7.78. The van der Waals surface area contributed by atoms with Crippen molar-refractivity contribution >= 4 is 11.9 Å². The van der Waals surface area contributed by atoms with Crippen LogP contribution in [0.1, 0.15) is 44.9 Å². The van der Waals surface area contributed by atoms with Gasteiger partial charge in [-0.2, -0.15) is 0 Å². The van der Waals surface area contributed by atoms with E-state index in [1.165, 1.54) is 5.56 Å². The van der Waals surface area contributed by atoms with Gasteiger partial charge in [-0.15, -0.1) is 0 Å². The molecule has 0 radical (unpaired) electrons. The van der Waals surface area contributed by atoms with E-state index in [9.17, 15) is 9.59 Å². The Labute approximate surface area is 126 Å². The molecule has 116 valence electrons. The third-order valence-corrected chi connectivity index (χ3v) is 3.39.